The highest BCUT2D eigenvalue weighted by Crippen LogP contribution is 2.10. The first-order valence-electron chi connectivity index (χ1n) is 5.89. The molecule has 0 heterocycles. The minimum Gasteiger partial charge on any atom is -0.380 e. The summed E-state index contributed by atoms with van der Waals surface area (Å²) < 4.78 is 27.8. The summed E-state index contributed by atoms with van der Waals surface area (Å²) in [5.41, 5.74) is 1.05. The van der Waals surface area contributed by atoms with Crippen molar-refractivity contribution in [3.05, 3.63) is 29.8 Å². The number of rotatable bonds is 6. The first kappa shape index (κ1) is 15.1. The molecule has 1 rings (SSSR count). The highest BCUT2D eigenvalue weighted by molar-refractivity contribution is 7.90. The van der Waals surface area contributed by atoms with Crippen molar-refractivity contribution in [1.82, 2.24) is 5.32 Å². The van der Waals surface area contributed by atoms with Crippen molar-refractivity contribution in [2.24, 2.45) is 0 Å². The third-order valence-electron chi connectivity index (χ3n) is 3.06. The maximum atomic E-state index is 11.3. The lowest BCUT2D eigenvalue weighted by molar-refractivity contribution is 0.0882. The predicted molar refractivity (Wildman–Crippen MR) is 72.3 cm³/mol. The lowest BCUT2D eigenvalue weighted by Gasteiger charge is -2.19. The van der Waals surface area contributed by atoms with Crippen LogP contribution in [0.4, 0.5) is 0 Å². The smallest absolute Gasteiger partial charge is 0.175 e. The minimum absolute atomic E-state index is 0.139. The minimum atomic E-state index is -3.11. The van der Waals surface area contributed by atoms with Crippen molar-refractivity contribution in [3.8, 4) is 0 Å². The fraction of sp³-hybridized carbons (Fsp3) is 0.538. The molecule has 0 saturated heterocycles. The number of nitrogens with one attached hydrogen (secondary N) is 1. The van der Waals surface area contributed by atoms with Crippen molar-refractivity contribution < 1.29 is 13.2 Å². The number of ether oxygens (including phenoxy) is 1. The van der Waals surface area contributed by atoms with Gasteiger partial charge in [0.05, 0.1) is 11.0 Å². The summed E-state index contributed by atoms with van der Waals surface area (Å²) in [6.45, 7) is 4.75. The van der Waals surface area contributed by atoms with Gasteiger partial charge in [-0.2, -0.15) is 0 Å². The van der Waals surface area contributed by atoms with Crippen LogP contribution in [0.5, 0.6) is 0 Å². The Hall–Kier alpha value is -0.910. The van der Waals surface area contributed by atoms with E-state index in [1.165, 1.54) is 6.26 Å². The molecule has 0 aliphatic carbocycles. The lowest BCUT2D eigenvalue weighted by atomic mass is 10.2. The van der Waals surface area contributed by atoms with Crippen LogP contribution in [0.3, 0.4) is 0 Å². The van der Waals surface area contributed by atoms with Gasteiger partial charge in [-0.05, 0) is 31.5 Å². The van der Waals surface area contributed by atoms with Crippen LogP contribution in [0.1, 0.15) is 19.4 Å². The van der Waals surface area contributed by atoms with Gasteiger partial charge in [-0.3, -0.25) is 0 Å². The van der Waals surface area contributed by atoms with Crippen LogP contribution in [0.2, 0.25) is 0 Å². The van der Waals surface area contributed by atoms with E-state index in [9.17, 15) is 8.42 Å². The van der Waals surface area contributed by atoms with Gasteiger partial charge < -0.3 is 10.1 Å². The monoisotopic (exact) mass is 271 g/mol. The number of hydrogen-bond donors (Lipinski definition) is 1. The largest absolute Gasteiger partial charge is 0.380 e. The molecule has 2 unspecified atom stereocenters. The van der Waals surface area contributed by atoms with Crippen LogP contribution in [0.25, 0.3) is 0 Å². The Morgan fingerprint density at radius 1 is 1.22 bits per heavy atom. The van der Waals surface area contributed by atoms with E-state index in [1.807, 2.05) is 19.1 Å². The summed E-state index contributed by atoms with van der Waals surface area (Å²) in [6.07, 6.45) is 1.35. The highest BCUT2D eigenvalue weighted by Gasteiger charge is 2.10. The van der Waals surface area contributed by atoms with Gasteiger partial charge in [-0.1, -0.05) is 12.1 Å². The zero-order chi connectivity index (χ0) is 13.8. The van der Waals surface area contributed by atoms with Crippen molar-refractivity contribution in [1.29, 1.82) is 0 Å². The summed E-state index contributed by atoms with van der Waals surface area (Å²) >= 11 is 0. The lowest BCUT2D eigenvalue weighted by Crippen LogP contribution is -2.36. The number of sulfone groups is 1. The van der Waals surface area contributed by atoms with Crippen LogP contribution in [0.15, 0.2) is 29.2 Å². The molecule has 5 heteroatoms. The van der Waals surface area contributed by atoms with Gasteiger partial charge in [0.1, 0.15) is 0 Å². The topological polar surface area (TPSA) is 55.4 Å². The van der Waals surface area contributed by atoms with Crippen molar-refractivity contribution in [2.45, 2.75) is 37.4 Å². The van der Waals surface area contributed by atoms with Crippen LogP contribution in [-0.2, 0) is 21.1 Å². The number of benzene rings is 1. The third kappa shape index (κ3) is 4.40. The van der Waals surface area contributed by atoms with Gasteiger partial charge in [-0.15, -0.1) is 0 Å². The molecule has 0 saturated carbocycles. The molecule has 102 valence electrons. The Bertz CT molecular complexity index is 468. The summed E-state index contributed by atoms with van der Waals surface area (Å²) in [4.78, 5) is 0.351. The van der Waals surface area contributed by atoms with Gasteiger partial charge in [0.15, 0.2) is 9.84 Å². The predicted octanol–water partition coefficient (Wildman–Crippen LogP) is 1.60. The van der Waals surface area contributed by atoms with E-state index in [1.54, 1.807) is 19.2 Å². The van der Waals surface area contributed by atoms with Crippen molar-refractivity contribution >= 4 is 9.84 Å². The fourth-order valence-electron chi connectivity index (χ4n) is 1.50. The Kier molecular flexibility index (Phi) is 5.31. The maximum Gasteiger partial charge on any atom is 0.175 e. The average Bonchev–Trinajstić information content (AvgIpc) is 2.34. The second-order valence-electron chi connectivity index (χ2n) is 4.53. The zero-order valence-corrected chi connectivity index (χ0v) is 12.1. The molecule has 1 aromatic rings. The van der Waals surface area contributed by atoms with Gasteiger partial charge in [0.25, 0.3) is 0 Å². The molecule has 2 atom stereocenters. The molecule has 1 N–H and O–H groups in total. The van der Waals surface area contributed by atoms with Gasteiger partial charge >= 0.3 is 0 Å². The Morgan fingerprint density at radius 2 is 1.78 bits per heavy atom. The molecular weight excluding hydrogens is 250 g/mol. The molecule has 0 spiro atoms. The molecule has 1 aromatic carbocycles. The third-order valence-corrected chi connectivity index (χ3v) is 4.18. The van der Waals surface area contributed by atoms with Gasteiger partial charge in [0.2, 0.25) is 0 Å². The molecule has 0 bridgehead atoms. The van der Waals surface area contributed by atoms with E-state index < -0.39 is 9.84 Å². The summed E-state index contributed by atoms with van der Waals surface area (Å²) in [5.74, 6) is 0. The van der Waals surface area contributed by atoms with Crippen LogP contribution in [0, 0.1) is 0 Å². The Morgan fingerprint density at radius 3 is 2.22 bits per heavy atom. The van der Waals surface area contributed by atoms with Crippen LogP contribution < -0.4 is 5.32 Å². The van der Waals surface area contributed by atoms with Crippen LogP contribution in [-0.4, -0.2) is 33.9 Å². The van der Waals surface area contributed by atoms with Crippen molar-refractivity contribution in [2.75, 3.05) is 13.4 Å². The SMILES string of the molecule is COC(C)C(C)NCc1ccc(S(C)(=O)=O)cc1. The highest BCUT2D eigenvalue weighted by atomic mass is 32.2. The molecule has 18 heavy (non-hydrogen) atoms. The van der Waals surface area contributed by atoms with E-state index in [-0.39, 0.29) is 12.1 Å². The van der Waals surface area contributed by atoms with E-state index in [0.717, 1.165) is 5.56 Å². The normalized spacial score (nSPS) is 15.3. The molecule has 0 amide bonds. The van der Waals surface area contributed by atoms with Crippen molar-refractivity contribution in [3.63, 3.8) is 0 Å². The first-order chi connectivity index (χ1) is 8.34. The number of hydrogen-bond acceptors (Lipinski definition) is 4. The summed E-state index contributed by atoms with van der Waals surface area (Å²) in [5, 5.41) is 3.33. The van der Waals surface area contributed by atoms with Gasteiger partial charge in [0, 0.05) is 26.0 Å². The van der Waals surface area contributed by atoms with E-state index in [2.05, 4.69) is 12.2 Å². The maximum absolute atomic E-state index is 11.3. The molecule has 0 aliphatic heterocycles. The molecular formula is C13H21NO3S. The second-order valence-corrected chi connectivity index (χ2v) is 6.54. The second kappa shape index (κ2) is 6.31. The number of methoxy groups -OCH3 is 1. The summed E-state index contributed by atoms with van der Waals surface area (Å²) in [6, 6.07) is 7.17. The fourth-order valence-corrected chi connectivity index (χ4v) is 2.13. The molecule has 0 fully saturated rings. The molecule has 4 nitrogen and oxygen atoms in total. The molecule has 0 aliphatic rings. The average molecular weight is 271 g/mol. The van der Waals surface area contributed by atoms with E-state index in [0.29, 0.717) is 11.4 Å². The van der Waals surface area contributed by atoms with E-state index in [4.69, 9.17) is 4.74 Å². The standard InChI is InChI=1S/C13H21NO3S/c1-10(11(2)17-3)14-9-12-5-7-13(8-6-12)18(4,15)16/h5-8,10-11,14H,9H2,1-4H3. The van der Waals surface area contributed by atoms with Crippen LogP contribution >= 0.6 is 0 Å². The quantitative estimate of drug-likeness (QED) is 0.854. The Labute approximate surface area is 109 Å². The van der Waals surface area contributed by atoms with Gasteiger partial charge in [-0.25, -0.2) is 8.42 Å². The molecule has 0 aromatic heterocycles. The molecule has 0 radical (unpaired) electrons. The Balaban J connectivity index is 2.60. The summed E-state index contributed by atoms with van der Waals surface area (Å²) in [7, 11) is -1.42. The zero-order valence-electron chi connectivity index (χ0n) is 11.3. The van der Waals surface area contributed by atoms with E-state index >= 15 is 0 Å². The first-order valence-corrected chi connectivity index (χ1v) is 7.79.